The van der Waals surface area contributed by atoms with Crippen LogP contribution in [0.25, 0.3) is 10.9 Å². The Morgan fingerprint density at radius 2 is 1.52 bits per heavy atom. The fourth-order valence-corrected chi connectivity index (χ4v) is 5.48. The molecule has 4 aromatic rings. The number of hydrogen-bond donors (Lipinski definition) is 1. The van der Waals surface area contributed by atoms with Crippen LogP contribution in [-0.2, 0) is 15.6 Å². The van der Waals surface area contributed by atoms with Gasteiger partial charge < -0.3 is 4.98 Å². The summed E-state index contributed by atoms with van der Waals surface area (Å²) in [6, 6.07) is 24.8. The zero-order chi connectivity index (χ0) is 18.9. The first-order valence-electron chi connectivity index (χ1n) is 8.65. The molecule has 0 aliphatic heterocycles. The summed E-state index contributed by atoms with van der Waals surface area (Å²) in [6.07, 6.45) is 0. The van der Waals surface area contributed by atoms with E-state index >= 15 is 0 Å². The van der Waals surface area contributed by atoms with Gasteiger partial charge in [-0.15, -0.1) is 0 Å². The molecule has 27 heavy (non-hydrogen) atoms. The molecule has 0 saturated heterocycles. The Bertz CT molecular complexity index is 1180. The molecule has 0 aliphatic rings. The maximum absolute atomic E-state index is 12.9. The Kier molecular flexibility index (Phi) is 4.81. The lowest BCUT2D eigenvalue weighted by Crippen LogP contribution is -2.05. The van der Waals surface area contributed by atoms with Gasteiger partial charge in [0, 0.05) is 26.4 Å². The molecule has 136 valence electrons. The predicted molar refractivity (Wildman–Crippen MR) is 111 cm³/mol. The van der Waals surface area contributed by atoms with Gasteiger partial charge in [-0.1, -0.05) is 65.9 Å². The molecule has 0 radical (unpaired) electrons. The third-order valence-electron chi connectivity index (χ3n) is 4.41. The quantitative estimate of drug-likeness (QED) is 0.480. The van der Waals surface area contributed by atoms with E-state index in [1.54, 1.807) is 36.0 Å². The van der Waals surface area contributed by atoms with Gasteiger partial charge in [-0.25, -0.2) is 8.42 Å². The van der Waals surface area contributed by atoms with Crippen molar-refractivity contribution in [2.45, 2.75) is 27.4 Å². The van der Waals surface area contributed by atoms with Gasteiger partial charge in [0.1, 0.15) is 0 Å². The van der Waals surface area contributed by atoms with E-state index in [0.717, 1.165) is 26.4 Å². The van der Waals surface area contributed by atoms with E-state index in [4.69, 9.17) is 0 Å². The highest BCUT2D eigenvalue weighted by atomic mass is 32.2. The van der Waals surface area contributed by atoms with E-state index in [9.17, 15) is 8.42 Å². The molecule has 0 bridgehead atoms. The first-order chi connectivity index (χ1) is 13.0. The molecule has 1 heterocycles. The Labute approximate surface area is 163 Å². The number of aromatic amines is 1. The molecule has 1 aromatic heterocycles. The predicted octanol–water partition coefficient (Wildman–Crippen LogP) is 5.60. The minimum Gasteiger partial charge on any atom is -0.357 e. The van der Waals surface area contributed by atoms with Crippen molar-refractivity contribution in [3.8, 4) is 0 Å². The molecular formula is C22H19NO2S2. The van der Waals surface area contributed by atoms with Crippen LogP contribution >= 0.6 is 11.8 Å². The summed E-state index contributed by atoms with van der Waals surface area (Å²) in [4.78, 5) is 5.72. The number of sulfone groups is 1. The molecule has 0 aliphatic carbocycles. The summed E-state index contributed by atoms with van der Waals surface area (Å²) < 4.78 is 25.8. The number of para-hydroxylation sites is 1. The normalized spacial score (nSPS) is 11.7. The average Bonchev–Trinajstić information content (AvgIpc) is 3.01. The van der Waals surface area contributed by atoms with Crippen LogP contribution in [0.15, 0.2) is 93.5 Å². The van der Waals surface area contributed by atoms with Gasteiger partial charge in [-0.05, 0) is 37.3 Å². The summed E-state index contributed by atoms with van der Waals surface area (Å²) in [7, 11) is -3.43. The second-order valence-electron chi connectivity index (χ2n) is 6.47. The highest BCUT2D eigenvalue weighted by molar-refractivity contribution is 7.99. The van der Waals surface area contributed by atoms with Crippen molar-refractivity contribution in [2.24, 2.45) is 0 Å². The van der Waals surface area contributed by atoms with E-state index in [0.29, 0.717) is 4.90 Å². The van der Waals surface area contributed by atoms with Gasteiger partial charge >= 0.3 is 0 Å². The minimum atomic E-state index is -3.43. The van der Waals surface area contributed by atoms with Crippen molar-refractivity contribution in [2.75, 3.05) is 0 Å². The molecule has 1 N–H and O–H groups in total. The van der Waals surface area contributed by atoms with Gasteiger partial charge in [0.25, 0.3) is 0 Å². The molecular weight excluding hydrogens is 374 g/mol. The molecule has 0 atom stereocenters. The first kappa shape index (κ1) is 17.9. The Hall–Kier alpha value is -2.50. The third-order valence-corrected chi connectivity index (χ3v) is 7.25. The molecule has 3 aromatic carbocycles. The number of hydrogen-bond acceptors (Lipinski definition) is 3. The molecule has 3 nitrogen and oxygen atoms in total. The molecule has 4 rings (SSSR count). The summed E-state index contributed by atoms with van der Waals surface area (Å²) in [5.41, 5.74) is 2.88. The van der Waals surface area contributed by atoms with E-state index in [-0.39, 0.29) is 5.75 Å². The number of aromatic nitrogens is 1. The van der Waals surface area contributed by atoms with Crippen LogP contribution < -0.4 is 0 Å². The number of fused-ring (bicyclic) bond motifs is 1. The van der Waals surface area contributed by atoms with Crippen molar-refractivity contribution >= 4 is 32.5 Å². The third kappa shape index (κ3) is 3.80. The van der Waals surface area contributed by atoms with Gasteiger partial charge in [-0.3, -0.25) is 0 Å². The van der Waals surface area contributed by atoms with E-state index in [2.05, 4.69) is 36.2 Å². The number of H-pyrrole nitrogens is 1. The average molecular weight is 394 g/mol. The van der Waals surface area contributed by atoms with Crippen molar-refractivity contribution in [3.05, 3.63) is 90.1 Å². The van der Waals surface area contributed by atoms with Crippen LogP contribution in [0.5, 0.6) is 0 Å². The number of nitrogens with one attached hydrogen (secondary N) is 1. The molecule has 0 saturated carbocycles. The van der Waals surface area contributed by atoms with Gasteiger partial charge in [0.15, 0.2) is 9.84 Å². The highest BCUT2D eigenvalue weighted by Crippen LogP contribution is 2.38. The summed E-state index contributed by atoms with van der Waals surface area (Å²) in [6.45, 7) is 2.05. The smallest absolute Gasteiger partial charge is 0.184 e. The molecule has 0 fully saturated rings. The van der Waals surface area contributed by atoms with Crippen LogP contribution in [0.1, 0.15) is 11.3 Å². The van der Waals surface area contributed by atoms with Crippen molar-refractivity contribution in [1.29, 1.82) is 0 Å². The van der Waals surface area contributed by atoms with E-state index in [1.807, 2.05) is 30.3 Å². The molecule has 5 heteroatoms. The second-order valence-corrected chi connectivity index (χ2v) is 9.54. The lowest BCUT2D eigenvalue weighted by atomic mass is 10.2. The largest absolute Gasteiger partial charge is 0.357 e. The van der Waals surface area contributed by atoms with Gasteiger partial charge in [0.05, 0.1) is 10.6 Å². The summed E-state index contributed by atoms with van der Waals surface area (Å²) >= 11 is 1.60. The van der Waals surface area contributed by atoms with Crippen LogP contribution in [0, 0.1) is 6.92 Å². The fourth-order valence-electron chi connectivity index (χ4n) is 3.02. The van der Waals surface area contributed by atoms with Crippen LogP contribution in [-0.4, -0.2) is 13.4 Å². The molecule has 0 unspecified atom stereocenters. The van der Waals surface area contributed by atoms with Gasteiger partial charge in [0.2, 0.25) is 0 Å². The highest BCUT2D eigenvalue weighted by Gasteiger charge is 2.21. The van der Waals surface area contributed by atoms with Crippen LogP contribution in [0.3, 0.4) is 0 Å². The number of rotatable bonds is 5. The molecule has 0 spiro atoms. The second kappa shape index (κ2) is 7.25. The van der Waals surface area contributed by atoms with Crippen LogP contribution in [0.2, 0.25) is 0 Å². The zero-order valence-corrected chi connectivity index (χ0v) is 16.5. The fraction of sp³-hybridized carbons (Fsp3) is 0.0909. The van der Waals surface area contributed by atoms with Gasteiger partial charge in [-0.2, -0.15) is 0 Å². The maximum Gasteiger partial charge on any atom is 0.184 e. The minimum absolute atomic E-state index is 0.0557. The Morgan fingerprint density at radius 1 is 0.852 bits per heavy atom. The topological polar surface area (TPSA) is 49.9 Å². The van der Waals surface area contributed by atoms with Crippen molar-refractivity contribution < 1.29 is 8.42 Å². The zero-order valence-electron chi connectivity index (χ0n) is 14.8. The first-order valence-corrected chi connectivity index (χ1v) is 11.1. The monoisotopic (exact) mass is 393 g/mol. The lowest BCUT2D eigenvalue weighted by molar-refractivity contribution is 0.594. The summed E-state index contributed by atoms with van der Waals surface area (Å²) in [5, 5.41) is 1.04. The summed E-state index contributed by atoms with van der Waals surface area (Å²) in [5.74, 6) is -0.0557. The Morgan fingerprint density at radius 3 is 2.26 bits per heavy atom. The Balaban J connectivity index is 1.77. The van der Waals surface area contributed by atoms with E-state index < -0.39 is 9.84 Å². The van der Waals surface area contributed by atoms with Crippen molar-refractivity contribution in [1.82, 2.24) is 4.98 Å². The van der Waals surface area contributed by atoms with Crippen LogP contribution in [0.4, 0.5) is 0 Å². The van der Waals surface area contributed by atoms with E-state index in [1.165, 1.54) is 5.56 Å². The lowest BCUT2D eigenvalue weighted by Gasteiger charge is -2.07. The SMILES string of the molecule is Cc1ccc(Sc2c(CS(=O)(=O)c3ccccc3)[nH]c3ccccc23)cc1. The maximum atomic E-state index is 12.9. The number of aryl methyl sites for hydroxylation is 1. The van der Waals surface area contributed by atoms with Crippen molar-refractivity contribution in [3.63, 3.8) is 0 Å². The standard InChI is InChI=1S/C22H19NO2S2/c1-16-11-13-17(14-12-16)26-22-19-9-5-6-10-20(19)23-21(22)15-27(24,25)18-7-3-2-4-8-18/h2-14,23H,15H2,1H3. The number of benzene rings is 3. The molecule has 0 amide bonds.